The molecule has 0 heterocycles. The summed E-state index contributed by atoms with van der Waals surface area (Å²) in [5, 5.41) is 0. The van der Waals surface area contributed by atoms with Gasteiger partial charge in [-0.2, -0.15) is 0 Å². The first-order chi connectivity index (χ1) is 4.86. The molecule has 0 radical (unpaired) electrons. The highest BCUT2D eigenvalue weighted by Crippen LogP contribution is 2.28. The Morgan fingerprint density at radius 2 is 2.40 bits per heavy atom. The molecule has 0 aromatic heterocycles. The van der Waals surface area contributed by atoms with Crippen molar-refractivity contribution in [2.45, 2.75) is 25.3 Å². The molecule has 0 spiro atoms. The SMILES string of the molecule is NC1CC2C=CC1=CCC2. The fourth-order valence-corrected chi connectivity index (χ4v) is 1.81. The molecule has 3 aliphatic rings. The number of nitrogens with two attached hydrogens (primary N) is 1. The smallest absolute Gasteiger partial charge is 0.0297 e. The van der Waals surface area contributed by atoms with Crippen molar-refractivity contribution in [3.8, 4) is 0 Å². The molecule has 54 valence electrons. The highest BCUT2D eigenvalue weighted by molar-refractivity contribution is 5.30. The van der Waals surface area contributed by atoms with Crippen LogP contribution in [0.4, 0.5) is 0 Å². The first-order valence-electron chi connectivity index (χ1n) is 4.00. The average molecular weight is 135 g/mol. The van der Waals surface area contributed by atoms with Gasteiger partial charge < -0.3 is 5.73 Å². The van der Waals surface area contributed by atoms with Gasteiger partial charge in [-0.25, -0.2) is 0 Å². The molecule has 3 rings (SSSR count). The minimum Gasteiger partial charge on any atom is -0.324 e. The largest absolute Gasteiger partial charge is 0.324 e. The zero-order valence-corrected chi connectivity index (χ0v) is 6.09. The molecular formula is C9H13N. The lowest BCUT2D eigenvalue weighted by Crippen LogP contribution is -2.25. The normalized spacial score (nSPS) is 37.5. The molecule has 2 unspecified atom stereocenters. The first-order valence-corrected chi connectivity index (χ1v) is 4.00. The molecule has 2 bridgehead atoms. The van der Waals surface area contributed by atoms with Gasteiger partial charge in [-0.05, 0) is 30.8 Å². The Labute approximate surface area is 61.6 Å². The van der Waals surface area contributed by atoms with Crippen LogP contribution in [0.25, 0.3) is 0 Å². The number of allylic oxidation sites excluding steroid dienone is 2. The summed E-state index contributed by atoms with van der Waals surface area (Å²) in [7, 11) is 0. The third-order valence-corrected chi connectivity index (χ3v) is 2.46. The van der Waals surface area contributed by atoms with Gasteiger partial charge >= 0.3 is 0 Å². The maximum Gasteiger partial charge on any atom is 0.0297 e. The van der Waals surface area contributed by atoms with Crippen LogP contribution in [0.3, 0.4) is 0 Å². The second-order valence-corrected chi connectivity index (χ2v) is 3.24. The van der Waals surface area contributed by atoms with Crippen LogP contribution in [0.2, 0.25) is 0 Å². The molecule has 10 heavy (non-hydrogen) atoms. The quantitative estimate of drug-likeness (QED) is 0.536. The highest BCUT2D eigenvalue weighted by Gasteiger charge is 2.20. The minimum atomic E-state index is 0.331. The third-order valence-electron chi connectivity index (χ3n) is 2.46. The monoisotopic (exact) mass is 135 g/mol. The van der Waals surface area contributed by atoms with Gasteiger partial charge in [-0.1, -0.05) is 18.2 Å². The second-order valence-electron chi connectivity index (χ2n) is 3.24. The van der Waals surface area contributed by atoms with E-state index < -0.39 is 0 Å². The van der Waals surface area contributed by atoms with Gasteiger partial charge in [0.2, 0.25) is 0 Å². The Morgan fingerprint density at radius 3 is 3.20 bits per heavy atom. The van der Waals surface area contributed by atoms with E-state index in [4.69, 9.17) is 5.73 Å². The Morgan fingerprint density at radius 1 is 1.50 bits per heavy atom. The molecule has 0 fully saturated rings. The van der Waals surface area contributed by atoms with Gasteiger partial charge in [0.15, 0.2) is 0 Å². The molecule has 0 aliphatic heterocycles. The van der Waals surface area contributed by atoms with Crippen molar-refractivity contribution < 1.29 is 0 Å². The summed E-state index contributed by atoms with van der Waals surface area (Å²) in [6, 6.07) is 0.331. The van der Waals surface area contributed by atoms with Crippen molar-refractivity contribution in [3.05, 3.63) is 23.8 Å². The highest BCUT2D eigenvalue weighted by atomic mass is 14.6. The van der Waals surface area contributed by atoms with Crippen molar-refractivity contribution >= 4 is 0 Å². The standard InChI is InChI=1S/C9H13N/c10-9-6-7-2-1-3-8(9)5-4-7/h3-5,7,9H,1-2,6,10H2. The lowest BCUT2D eigenvalue weighted by molar-refractivity contribution is 0.517. The van der Waals surface area contributed by atoms with Crippen LogP contribution in [0.15, 0.2) is 23.8 Å². The van der Waals surface area contributed by atoms with E-state index in [1.165, 1.54) is 24.8 Å². The van der Waals surface area contributed by atoms with Gasteiger partial charge in [0.1, 0.15) is 0 Å². The molecule has 2 N–H and O–H groups in total. The number of hydrogen-bond acceptors (Lipinski definition) is 1. The summed E-state index contributed by atoms with van der Waals surface area (Å²) >= 11 is 0. The molecule has 3 aliphatic carbocycles. The third kappa shape index (κ3) is 0.907. The molecule has 2 atom stereocenters. The Kier molecular flexibility index (Phi) is 1.38. The van der Waals surface area contributed by atoms with Crippen molar-refractivity contribution in [3.63, 3.8) is 0 Å². The Balaban J connectivity index is 2.32. The molecule has 1 heteroatoms. The molecule has 1 nitrogen and oxygen atoms in total. The molecule has 0 saturated carbocycles. The van der Waals surface area contributed by atoms with E-state index in [1.807, 2.05) is 0 Å². The Hall–Kier alpha value is -0.560. The summed E-state index contributed by atoms with van der Waals surface area (Å²) in [5.74, 6) is 0.762. The maximum absolute atomic E-state index is 5.90. The van der Waals surface area contributed by atoms with E-state index in [0.29, 0.717) is 6.04 Å². The van der Waals surface area contributed by atoms with Gasteiger partial charge in [0, 0.05) is 6.04 Å². The van der Waals surface area contributed by atoms with Gasteiger partial charge in [-0.15, -0.1) is 0 Å². The first kappa shape index (κ1) is 6.17. The molecule has 0 saturated heterocycles. The van der Waals surface area contributed by atoms with Crippen LogP contribution in [-0.4, -0.2) is 6.04 Å². The van der Waals surface area contributed by atoms with E-state index in [-0.39, 0.29) is 0 Å². The van der Waals surface area contributed by atoms with Crippen LogP contribution in [0.5, 0.6) is 0 Å². The topological polar surface area (TPSA) is 26.0 Å². The predicted octanol–water partition coefficient (Wildman–Crippen LogP) is 1.61. The average Bonchev–Trinajstić information content (AvgIpc) is 2.20. The number of rotatable bonds is 0. The lowest BCUT2D eigenvalue weighted by Gasteiger charge is -2.19. The van der Waals surface area contributed by atoms with Crippen molar-refractivity contribution in [2.75, 3.05) is 0 Å². The van der Waals surface area contributed by atoms with E-state index in [1.54, 1.807) is 0 Å². The maximum atomic E-state index is 5.90. The van der Waals surface area contributed by atoms with Crippen LogP contribution in [0, 0.1) is 5.92 Å². The molecular weight excluding hydrogens is 122 g/mol. The second kappa shape index (κ2) is 2.24. The van der Waals surface area contributed by atoms with Crippen molar-refractivity contribution in [2.24, 2.45) is 11.7 Å². The summed E-state index contributed by atoms with van der Waals surface area (Å²) in [5.41, 5.74) is 7.26. The zero-order valence-electron chi connectivity index (χ0n) is 6.09. The van der Waals surface area contributed by atoms with E-state index in [0.717, 1.165) is 5.92 Å². The zero-order chi connectivity index (χ0) is 6.97. The summed E-state index contributed by atoms with van der Waals surface area (Å²) < 4.78 is 0. The molecule has 0 aromatic rings. The summed E-state index contributed by atoms with van der Waals surface area (Å²) in [4.78, 5) is 0. The van der Waals surface area contributed by atoms with E-state index in [2.05, 4.69) is 18.2 Å². The van der Waals surface area contributed by atoms with Crippen molar-refractivity contribution in [1.82, 2.24) is 0 Å². The predicted molar refractivity (Wildman–Crippen MR) is 42.5 cm³/mol. The van der Waals surface area contributed by atoms with Gasteiger partial charge in [0.05, 0.1) is 0 Å². The van der Waals surface area contributed by atoms with Crippen LogP contribution in [-0.2, 0) is 0 Å². The molecule has 0 aromatic carbocycles. The number of hydrogen-bond donors (Lipinski definition) is 1. The summed E-state index contributed by atoms with van der Waals surface area (Å²) in [6.07, 6.45) is 10.5. The van der Waals surface area contributed by atoms with Gasteiger partial charge in [-0.3, -0.25) is 0 Å². The lowest BCUT2D eigenvalue weighted by atomic mass is 9.90. The van der Waals surface area contributed by atoms with E-state index in [9.17, 15) is 0 Å². The summed E-state index contributed by atoms with van der Waals surface area (Å²) in [6.45, 7) is 0. The van der Waals surface area contributed by atoms with Crippen molar-refractivity contribution in [1.29, 1.82) is 0 Å². The number of fused-ring (bicyclic) bond motifs is 3. The van der Waals surface area contributed by atoms with Crippen LogP contribution < -0.4 is 5.73 Å². The van der Waals surface area contributed by atoms with Crippen LogP contribution >= 0.6 is 0 Å². The van der Waals surface area contributed by atoms with Crippen LogP contribution in [0.1, 0.15) is 19.3 Å². The molecule has 0 amide bonds. The fourth-order valence-electron chi connectivity index (χ4n) is 1.81. The minimum absolute atomic E-state index is 0.331. The Bertz CT molecular complexity index is 191. The van der Waals surface area contributed by atoms with E-state index >= 15 is 0 Å². The fraction of sp³-hybridized carbons (Fsp3) is 0.556. The van der Waals surface area contributed by atoms with Gasteiger partial charge in [0.25, 0.3) is 0 Å².